The largest absolute Gasteiger partial charge is 0.376 e. The van der Waals surface area contributed by atoms with Crippen molar-refractivity contribution in [3.63, 3.8) is 0 Å². The highest BCUT2D eigenvalue weighted by Crippen LogP contribution is 2.12. The number of amides is 1. The van der Waals surface area contributed by atoms with Gasteiger partial charge < -0.3 is 10.1 Å². The number of halogens is 1. The molecule has 0 bridgehead atoms. The summed E-state index contributed by atoms with van der Waals surface area (Å²) >= 11 is 1.02. The van der Waals surface area contributed by atoms with Crippen LogP contribution in [0.5, 0.6) is 0 Å². The van der Waals surface area contributed by atoms with E-state index in [4.69, 9.17) is 4.74 Å². The molecule has 3 heterocycles. The summed E-state index contributed by atoms with van der Waals surface area (Å²) in [5.41, 5.74) is -0.709. The molecule has 1 amide bonds. The Kier molecular flexibility index (Phi) is 5.54. The van der Waals surface area contributed by atoms with E-state index in [2.05, 4.69) is 9.69 Å². The summed E-state index contributed by atoms with van der Waals surface area (Å²) in [6.45, 7) is 0.545. The Morgan fingerprint density at radius 1 is 1.31 bits per heavy atom. The van der Waals surface area contributed by atoms with Crippen LogP contribution in [0.2, 0.25) is 0 Å². The smallest absolute Gasteiger partial charge is 0.332 e. The number of hydrogen-bond donors (Lipinski definition) is 1. The van der Waals surface area contributed by atoms with E-state index >= 15 is 0 Å². The maximum atomic E-state index is 14.0. The third-order valence-electron chi connectivity index (χ3n) is 4.89. The van der Waals surface area contributed by atoms with Gasteiger partial charge in [0.15, 0.2) is 5.52 Å². The zero-order valence-electron chi connectivity index (χ0n) is 15.5. The van der Waals surface area contributed by atoms with Gasteiger partial charge in [0.25, 0.3) is 5.56 Å². The fraction of sp³-hybridized carbons (Fsp3) is 0.368. The Morgan fingerprint density at radius 2 is 2.14 bits per heavy atom. The van der Waals surface area contributed by atoms with Crippen LogP contribution in [-0.2, 0) is 22.6 Å². The Hall–Kier alpha value is -2.85. The highest BCUT2D eigenvalue weighted by atomic mass is 32.1. The number of nitrogens with one attached hydrogen (secondary N) is 1. The standard InChI is InChI=1S/C19H19FN4O4S/c20-14-6-2-1-4-12(14)9-24-18(26)17-15(11-29-22-17)23(19(24)27)10-16(25)21-8-13-5-3-7-28-13/h1-2,4,6,11,13H,3,5,7-10H2,(H,21,25). The van der Waals surface area contributed by atoms with Gasteiger partial charge in [-0.25, -0.2) is 9.18 Å². The molecule has 10 heteroatoms. The summed E-state index contributed by atoms with van der Waals surface area (Å²) in [4.78, 5) is 38.1. The van der Waals surface area contributed by atoms with E-state index in [0.717, 1.165) is 28.9 Å². The van der Waals surface area contributed by atoms with Gasteiger partial charge in [0.2, 0.25) is 5.91 Å². The lowest BCUT2D eigenvalue weighted by Gasteiger charge is -2.14. The number of hydrogen-bond acceptors (Lipinski definition) is 6. The molecule has 1 N–H and O–H groups in total. The molecule has 2 aromatic heterocycles. The van der Waals surface area contributed by atoms with E-state index in [0.29, 0.717) is 18.7 Å². The molecule has 29 heavy (non-hydrogen) atoms. The quantitative estimate of drug-likeness (QED) is 0.647. The summed E-state index contributed by atoms with van der Waals surface area (Å²) in [6.07, 6.45) is 1.82. The van der Waals surface area contributed by atoms with Crippen molar-refractivity contribution in [1.82, 2.24) is 18.8 Å². The monoisotopic (exact) mass is 418 g/mol. The first kappa shape index (κ1) is 19.5. The number of rotatable bonds is 6. The molecular formula is C19H19FN4O4S. The van der Waals surface area contributed by atoms with Gasteiger partial charge in [-0.2, -0.15) is 4.37 Å². The van der Waals surface area contributed by atoms with Crippen LogP contribution in [0.15, 0.2) is 39.2 Å². The topological polar surface area (TPSA) is 95.2 Å². The van der Waals surface area contributed by atoms with Crippen molar-refractivity contribution in [1.29, 1.82) is 0 Å². The number of nitrogens with zero attached hydrogens (tertiary/aromatic N) is 3. The molecule has 3 aromatic rings. The summed E-state index contributed by atoms with van der Waals surface area (Å²) in [6, 6.07) is 5.92. The molecule has 1 aromatic carbocycles. The second-order valence-corrected chi connectivity index (χ2v) is 7.47. The number of fused-ring (bicyclic) bond motifs is 1. The molecule has 8 nitrogen and oxygen atoms in total. The SMILES string of the molecule is O=C(Cn1c(=O)n(Cc2ccccc2F)c(=O)c2nscc21)NCC1CCCO1. The molecule has 4 rings (SSSR count). The Balaban J connectivity index is 1.65. The number of aromatic nitrogens is 3. The van der Waals surface area contributed by atoms with Crippen molar-refractivity contribution in [3.8, 4) is 0 Å². The van der Waals surface area contributed by atoms with Gasteiger partial charge in [-0.1, -0.05) is 18.2 Å². The number of carbonyl (C=O) groups is 1. The van der Waals surface area contributed by atoms with Gasteiger partial charge in [-0.15, -0.1) is 0 Å². The molecule has 1 atom stereocenters. The van der Waals surface area contributed by atoms with Crippen LogP contribution in [0.3, 0.4) is 0 Å². The van der Waals surface area contributed by atoms with Gasteiger partial charge in [-0.3, -0.25) is 18.7 Å². The molecule has 1 aliphatic rings. The van der Waals surface area contributed by atoms with Crippen molar-refractivity contribution in [2.75, 3.05) is 13.2 Å². The fourth-order valence-electron chi connectivity index (χ4n) is 3.36. The van der Waals surface area contributed by atoms with Gasteiger partial charge >= 0.3 is 5.69 Å². The van der Waals surface area contributed by atoms with Crippen molar-refractivity contribution < 1.29 is 13.9 Å². The van der Waals surface area contributed by atoms with Crippen LogP contribution in [-0.4, -0.2) is 38.7 Å². The van der Waals surface area contributed by atoms with Crippen LogP contribution in [0, 0.1) is 5.82 Å². The summed E-state index contributed by atoms with van der Waals surface area (Å²) in [7, 11) is 0. The van der Waals surface area contributed by atoms with E-state index in [-0.39, 0.29) is 36.2 Å². The number of ether oxygens (including phenoxy) is 1. The minimum atomic E-state index is -0.682. The molecule has 1 unspecified atom stereocenters. The van der Waals surface area contributed by atoms with E-state index < -0.39 is 17.1 Å². The van der Waals surface area contributed by atoms with Gasteiger partial charge in [0.1, 0.15) is 12.4 Å². The van der Waals surface area contributed by atoms with Crippen LogP contribution >= 0.6 is 11.5 Å². The van der Waals surface area contributed by atoms with Crippen molar-refractivity contribution in [3.05, 3.63) is 61.9 Å². The summed E-state index contributed by atoms with van der Waals surface area (Å²) < 4.78 is 25.7. The first-order valence-electron chi connectivity index (χ1n) is 9.24. The zero-order chi connectivity index (χ0) is 20.4. The predicted molar refractivity (Wildman–Crippen MR) is 106 cm³/mol. The van der Waals surface area contributed by atoms with Crippen molar-refractivity contribution in [2.45, 2.75) is 32.0 Å². The lowest BCUT2D eigenvalue weighted by molar-refractivity contribution is -0.122. The Labute approximate surface area is 168 Å². The maximum absolute atomic E-state index is 14.0. The molecule has 0 saturated carbocycles. The van der Waals surface area contributed by atoms with E-state index in [1.807, 2.05) is 0 Å². The third-order valence-corrected chi connectivity index (χ3v) is 5.51. The fourth-order valence-corrected chi connectivity index (χ4v) is 4.03. The van der Waals surface area contributed by atoms with Crippen LogP contribution < -0.4 is 16.6 Å². The van der Waals surface area contributed by atoms with Crippen molar-refractivity contribution >= 4 is 28.5 Å². The molecule has 0 radical (unpaired) electrons. The number of benzene rings is 1. The molecule has 1 saturated heterocycles. The molecule has 1 aliphatic heterocycles. The minimum absolute atomic E-state index is 0.0199. The van der Waals surface area contributed by atoms with Gasteiger partial charge in [-0.05, 0) is 30.4 Å². The summed E-state index contributed by atoms with van der Waals surface area (Å²) in [5.74, 6) is -0.885. The molecule has 152 valence electrons. The van der Waals surface area contributed by atoms with Gasteiger partial charge in [0, 0.05) is 24.1 Å². The average Bonchev–Trinajstić information content (AvgIpc) is 3.40. The lowest BCUT2D eigenvalue weighted by atomic mass is 10.2. The van der Waals surface area contributed by atoms with Gasteiger partial charge in [0.05, 0.1) is 18.2 Å². The average molecular weight is 418 g/mol. The third kappa shape index (κ3) is 3.99. The number of carbonyl (C=O) groups excluding carboxylic acids is 1. The van der Waals surface area contributed by atoms with Crippen LogP contribution in [0.25, 0.3) is 11.0 Å². The van der Waals surface area contributed by atoms with Crippen molar-refractivity contribution in [2.24, 2.45) is 0 Å². The highest BCUT2D eigenvalue weighted by molar-refractivity contribution is 7.04. The second-order valence-electron chi connectivity index (χ2n) is 6.84. The van der Waals surface area contributed by atoms with E-state index in [9.17, 15) is 18.8 Å². The highest BCUT2D eigenvalue weighted by Gasteiger charge is 2.20. The minimum Gasteiger partial charge on any atom is -0.376 e. The molecule has 0 spiro atoms. The zero-order valence-corrected chi connectivity index (χ0v) is 16.3. The first-order valence-corrected chi connectivity index (χ1v) is 10.1. The Bertz CT molecular complexity index is 1160. The maximum Gasteiger partial charge on any atom is 0.332 e. The van der Waals surface area contributed by atoms with E-state index in [1.54, 1.807) is 11.4 Å². The van der Waals surface area contributed by atoms with E-state index in [1.165, 1.54) is 22.8 Å². The lowest BCUT2D eigenvalue weighted by Crippen LogP contribution is -2.43. The first-order chi connectivity index (χ1) is 14.0. The summed E-state index contributed by atoms with van der Waals surface area (Å²) in [5, 5.41) is 4.32. The molecule has 1 fully saturated rings. The Morgan fingerprint density at radius 3 is 2.90 bits per heavy atom. The second kappa shape index (κ2) is 8.26. The van der Waals surface area contributed by atoms with Crippen LogP contribution in [0.1, 0.15) is 18.4 Å². The predicted octanol–water partition coefficient (Wildman–Crippen LogP) is 1.10. The molecule has 0 aliphatic carbocycles. The molecular weight excluding hydrogens is 399 g/mol. The normalized spacial score (nSPS) is 16.4. The van der Waals surface area contributed by atoms with Crippen LogP contribution in [0.4, 0.5) is 4.39 Å².